The topological polar surface area (TPSA) is 90.4 Å². The Kier molecular flexibility index (Phi) is 4.54. The zero-order valence-electron chi connectivity index (χ0n) is 10.3. The van der Waals surface area contributed by atoms with Gasteiger partial charge in [-0.2, -0.15) is 0 Å². The molecule has 7 nitrogen and oxygen atoms in total. The molecule has 1 atom stereocenters. The van der Waals surface area contributed by atoms with Crippen molar-refractivity contribution in [2.45, 2.75) is 12.6 Å². The van der Waals surface area contributed by atoms with E-state index in [0.29, 0.717) is 10.9 Å². The zero-order chi connectivity index (χ0) is 14.5. The minimum atomic E-state index is -1.62. The van der Waals surface area contributed by atoms with Crippen LogP contribution in [-0.4, -0.2) is 32.6 Å². The van der Waals surface area contributed by atoms with E-state index in [-0.39, 0.29) is 13.0 Å². The molecule has 1 heterocycles. The van der Waals surface area contributed by atoms with Crippen molar-refractivity contribution in [2.24, 2.45) is 0 Å². The van der Waals surface area contributed by atoms with E-state index in [9.17, 15) is 10.1 Å². The summed E-state index contributed by atoms with van der Waals surface area (Å²) in [6, 6.07) is 8.72. The number of hydrogen-bond donors (Lipinski definition) is 1. The quantitative estimate of drug-likeness (QED) is 0.499. The van der Waals surface area contributed by atoms with Crippen LogP contribution < -0.4 is 4.74 Å². The van der Waals surface area contributed by atoms with Gasteiger partial charge in [-0.05, 0) is 24.3 Å². The number of hydrogen-bond acceptors (Lipinski definition) is 5. The lowest BCUT2D eigenvalue weighted by molar-refractivity contribution is -0.571. The number of benzene rings is 1. The second-order valence-electron chi connectivity index (χ2n) is 3.98. The fourth-order valence-electron chi connectivity index (χ4n) is 1.50. The van der Waals surface area contributed by atoms with Crippen molar-refractivity contribution in [3.05, 3.63) is 51.7 Å². The predicted octanol–water partition coefficient (Wildman–Crippen LogP) is 1.89. The highest BCUT2D eigenvalue weighted by Crippen LogP contribution is 2.15. The molecular formula is C12H12ClN3O4. The molecule has 0 spiro atoms. The lowest BCUT2D eigenvalue weighted by Crippen LogP contribution is -2.21. The number of aromatic nitrogens is 2. The highest BCUT2D eigenvalue weighted by molar-refractivity contribution is 6.30. The highest BCUT2D eigenvalue weighted by Gasteiger charge is 2.15. The number of rotatable bonds is 6. The fraction of sp³-hybridized carbons (Fsp3) is 0.250. The molecular weight excluding hydrogens is 286 g/mol. The van der Waals surface area contributed by atoms with Gasteiger partial charge >= 0.3 is 6.23 Å². The first-order valence-corrected chi connectivity index (χ1v) is 6.20. The van der Waals surface area contributed by atoms with Gasteiger partial charge in [-0.1, -0.05) is 11.6 Å². The molecule has 8 heteroatoms. The first kappa shape index (κ1) is 14.3. The van der Waals surface area contributed by atoms with Gasteiger partial charge in [0.1, 0.15) is 0 Å². The van der Waals surface area contributed by atoms with Crippen LogP contribution in [0.15, 0.2) is 36.5 Å². The van der Waals surface area contributed by atoms with Crippen LogP contribution in [0, 0.1) is 10.1 Å². The molecule has 0 aliphatic rings. The SMILES string of the molecule is O=[N+]([O-])C(O)CCOc1ccn(-c2ccc(Cl)cc2)n1. The minimum absolute atomic E-state index is 0.0137. The molecule has 1 aromatic carbocycles. The van der Waals surface area contributed by atoms with Crippen LogP contribution in [0.25, 0.3) is 5.69 Å². The third-order valence-corrected chi connectivity index (χ3v) is 2.78. The van der Waals surface area contributed by atoms with Crippen molar-refractivity contribution in [1.82, 2.24) is 9.78 Å². The largest absolute Gasteiger partial charge is 0.476 e. The summed E-state index contributed by atoms with van der Waals surface area (Å²) in [5.74, 6) is 0.329. The molecule has 106 valence electrons. The van der Waals surface area contributed by atoms with Gasteiger partial charge in [0.2, 0.25) is 5.88 Å². The molecule has 0 aliphatic heterocycles. The Morgan fingerprint density at radius 2 is 2.10 bits per heavy atom. The average molecular weight is 298 g/mol. The summed E-state index contributed by atoms with van der Waals surface area (Å²) in [4.78, 5) is 9.46. The van der Waals surface area contributed by atoms with Gasteiger partial charge in [0.25, 0.3) is 0 Å². The predicted molar refractivity (Wildman–Crippen MR) is 71.7 cm³/mol. The van der Waals surface area contributed by atoms with E-state index >= 15 is 0 Å². The second kappa shape index (κ2) is 6.36. The number of nitro groups is 1. The Morgan fingerprint density at radius 1 is 1.40 bits per heavy atom. The van der Waals surface area contributed by atoms with Gasteiger partial charge < -0.3 is 9.84 Å². The molecule has 0 radical (unpaired) electrons. The van der Waals surface area contributed by atoms with Crippen molar-refractivity contribution in [1.29, 1.82) is 0 Å². The van der Waals surface area contributed by atoms with E-state index in [1.54, 1.807) is 41.2 Å². The molecule has 0 bridgehead atoms. The summed E-state index contributed by atoms with van der Waals surface area (Å²) in [5, 5.41) is 24.0. The van der Waals surface area contributed by atoms with Gasteiger partial charge in [-0.15, -0.1) is 5.10 Å². The maximum Gasteiger partial charge on any atom is 0.316 e. The number of aliphatic hydroxyl groups excluding tert-OH is 1. The lowest BCUT2D eigenvalue weighted by atomic mass is 10.3. The van der Waals surface area contributed by atoms with Gasteiger partial charge in [-0.3, -0.25) is 10.1 Å². The van der Waals surface area contributed by atoms with Crippen LogP contribution in [0.5, 0.6) is 5.88 Å². The number of ether oxygens (including phenoxy) is 1. The van der Waals surface area contributed by atoms with Gasteiger partial charge in [-0.25, -0.2) is 4.68 Å². The van der Waals surface area contributed by atoms with Crippen LogP contribution in [0.1, 0.15) is 6.42 Å². The monoisotopic (exact) mass is 297 g/mol. The van der Waals surface area contributed by atoms with Gasteiger partial charge in [0.15, 0.2) is 0 Å². The molecule has 20 heavy (non-hydrogen) atoms. The molecule has 0 fully saturated rings. The normalized spacial score (nSPS) is 12.1. The maximum atomic E-state index is 10.2. The van der Waals surface area contributed by atoms with E-state index in [1.165, 1.54) is 0 Å². The van der Waals surface area contributed by atoms with Crippen molar-refractivity contribution in [3.63, 3.8) is 0 Å². The number of nitrogens with zero attached hydrogens (tertiary/aromatic N) is 3. The second-order valence-corrected chi connectivity index (χ2v) is 4.41. The van der Waals surface area contributed by atoms with Crippen molar-refractivity contribution < 1.29 is 14.8 Å². The van der Waals surface area contributed by atoms with E-state index < -0.39 is 11.2 Å². The van der Waals surface area contributed by atoms with Crippen molar-refractivity contribution >= 4 is 11.6 Å². The van der Waals surface area contributed by atoms with Crippen LogP contribution in [-0.2, 0) is 0 Å². The van der Waals surface area contributed by atoms with Gasteiger partial charge in [0.05, 0.1) is 23.6 Å². The Balaban J connectivity index is 1.92. The van der Waals surface area contributed by atoms with Crippen LogP contribution in [0.4, 0.5) is 0 Å². The van der Waals surface area contributed by atoms with E-state index in [2.05, 4.69) is 5.10 Å². The van der Waals surface area contributed by atoms with Crippen LogP contribution in [0.2, 0.25) is 5.02 Å². The summed E-state index contributed by atoms with van der Waals surface area (Å²) < 4.78 is 6.82. The fourth-order valence-corrected chi connectivity index (χ4v) is 1.62. The first-order valence-electron chi connectivity index (χ1n) is 5.82. The van der Waals surface area contributed by atoms with Crippen LogP contribution in [0.3, 0.4) is 0 Å². The molecule has 0 saturated carbocycles. The highest BCUT2D eigenvalue weighted by atomic mass is 35.5. The summed E-state index contributed by atoms with van der Waals surface area (Å²) in [7, 11) is 0. The van der Waals surface area contributed by atoms with Crippen molar-refractivity contribution in [2.75, 3.05) is 6.61 Å². The van der Waals surface area contributed by atoms with Crippen LogP contribution >= 0.6 is 11.6 Å². The summed E-state index contributed by atoms with van der Waals surface area (Å²) >= 11 is 5.79. The third kappa shape index (κ3) is 3.69. The Labute approximate surface area is 119 Å². The molecule has 0 amide bonds. The molecule has 1 N–H and O–H groups in total. The van der Waals surface area contributed by atoms with Gasteiger partial charge in [0, 0.05) is 17.3 Å². The number of aliphatic hydroxyl groups is 1. The first-order chi connectivity index (χ1) is 9.56. The molecule has 2 rings (SSSR count). The maximum absolute atomic E-state index is 10.2. The van der Waals surface area contributed by atoms with E-state index in [0.717, 1.165) is 5.69 Å². The Hall–Kier alpha value is -2.12. The minimum Gasteiger partial charge on any atom is -0.476 e. The molecule has 2 aromatic rings. The molecule has 0 saturated heterocycles. The summed E-state index contributed by atoms with van der Waals surface area (Å²) in [5.41, 5.74) is 0.814. The van der Waals surface area contributed by atoms with E-state index in [1.807, 2.05) is 0 Å². The average Bonchev–Trinajstić information content (AvgIpc) is 2.88. The summed E-state index contributed by atoms with van der Waals surface area (Å²) in [6.07, 6.45) is -0.0168. The lowest BCUT2D eigenvalue weighted by Gasteiger charge is -2.04. The summed E-state index contributed by atoms with van der Waals surface area (Å²) in [6.45, 7) is 0.0137. The Morgan fingerprint density at radius 3 is 2.75 bits per heavy atom. The smallest absolute Gasteiger partial charge is 0.316 e. The van der Waals surface area contributed by atoms with Crippen molar-refractivity contribution in [3.8, 4) is 11.6 Å². The molecule has 0 aliphatic carbocycles. The van der Waals surface area contributed by atoms with E-state index in [4.69, 9.17) is 21.4 Å². The molecule has 1 unspecified atom stereocenters. The zero-order valence-corrected chi connectivity index (χ0v) is 11.1. The standard InChI is InChI=1S/C12H12ClN3O4/c13-9-1-3-10(4-2-9)15-7-5-11(14-15)20-8-6-12(17)16(18)19/h1-5,7,12,17H,6,8H2. The number of halogens is 1. The third-order valence-electron chi connectivity index (χ3n) is 2.53. The molecule has 1 aromatic heterocycles. The Bertz CT molecular complexity index is 585.